The molecule has 0 radical (unpaired) electrons. The van der Waals surface area contributed by atoms with Gasteiger partial charge in [-0.3, -0.25) is 0 Å². The van der Waals surface area contributed by atoms with Crippen LogP contribution in [-0.4, -0.2) is 25.7 Å². The number of hydrogen-bond acceptors (Lipinski definition) is 2. The van der Waals surface area contributed by atoms with Crippen molar-refractivity contribution in [3.63, 3.8) is 0 Å². The number of unbranched alkanes of at least 4 members (excludes halogenated alkanes) is 2. The van der Waals surface area contributed by atoms with Crippen molar-refractivity contribution in [1.29, 1.82) is 0 Å². The molecule has 0 amide bonds. The Labute approximate surface area is 111 Å². The molecule has 0 saturated heterocycles. The summed E-state index contributed by atoms with van der Waals surface area (Å²) in [6.07, 6.45) is 5.16. The molecular formula is C16H26N2. The molecule has 1 aromatic carbocycles. The van der Waals surface area contributed by atoms with Gasteiger partial charge in [0.1, 0.15) is 0 Å². The van der Waals surface area contributed by atoms with Crippen molar-refractivity contribution in [3.05, 3.63) is 29.8 Å². The molecular weight excluding hydrogens is 220 g/mol. The summed E-state index contributed by atoms with van der Waals surface area (Å²) in [5, 5.41) is 3.39. The number of hydrogen-bond donors (Lipinski definition) is 1. The van der Waals surface area contributed by atoms with Gasteiger partial charge in [-0.05, 0) is 50.9 Å². The summed E-state index contributed by atoms with van der Waals surface area (Å²) in [5.41, 5.74) is 2.99. The van der Waals surface area contributed by atoms with E-state index in [2.05, 4.69) is 48.3 Å². The molecule has 0 saturated carbocycles. The molecule has 1 atom stereocenters. The number of nitrogens with one attached hydrogen (secondary N) is 1. The van der Waals surface area contributed by atoms with E-state index >= 15 is 0 Å². The molecule has 1 unspecified atom stereocenters. The first-order chi connectivity index (χ1) is 8.83. The molecule has 0 aromatic heterocycles. The van der Waals surface area contributed by atoms with Crippen molar-refractivity contribution in [2.45, 2.75) is 45.6 Å². The second-order valence-corrected chi connectivity index (χ2v) is 5.29. The summed E-state index contributed by atoms with van der Waals surface area (Å²) in [5.74, 6) is 0. The van der Waals surface area contributed by atoms with Gasteiger partial charge in [-0.2, -0.15) is 0 Å². The van der Waals surface area contributed by atoms with Gasteiger partial charge >= 0.3 is 0 Å². The topological polar surface area (TPSA) is 15.3 Å². The molecule has 2 nitrogen and oxygen atoms in total. The Balaban J connectivity index is 1.76. The van der Waals surface area contributed by atoms with Crippen molar-refractivity contribution >= 4 is 5.69 Å². The molecule has 0 bridgehead atoms. The normalized spacial score (nSPS) is 18.1. The van der Waals surface area contributed by atoms with Crippen LogP contribution in [0.3, 0.4) is 0 Å². The van der Waals surface area contributed by atoms with E-state index in [4.69, 9.17) is 0 Å². The van der Waals surface area contributed by atoms with Crippen molar-refractivity contribution in [3.8, 4) is 0 Å². The predicted octanol–water partition coefficient (Wildman–Crippen LogP) is 3.22. The first-order valence-electron chi connectivity index (χ1n) is 7.38. The minimum atomic E-state index is 0.677. The average Bonchev–Trinajstić information content (AvgIpc) is 2.70. The molecule has 1 N–H and O–H groups in total. The quantitative estimate of drug-likeness (QED) is 0.743. The van der Waals surface area contributed by atoms with Gasteiger partial charge in [-0.15, -0.1) is 0 Å². The molecule has 2 heteroatoms. The highest BCUT2D eigenvalue weighted by Crippen LogP contribution is 2.31. The zero-order valence-electron chi connectivity index (χ0n) is 11.8. The van der Waals surface area contributed by atoms with Crippen LogP contribution in [0.2, 0.25) is 0 Å². The molecule has 100 valence electrons. The maximum atomic E-state index is 3.39. The number of para-hydroxylation sites is 1. The molecule has 2 rings (SSSR count). The summed E-state index contributed by atoms with van der Waals surface area (Å²) in [4.78, 5) is 2.59. The fraction of sp³-hybridized carbons (Fsp3) is 0.625. The average molecular weight is 246 g/mol. The Hall–Kier alpha value is -1.02. The molecule has 0 fully saturated rings. The molecule has 1 aliphatic rings. The largest absolute Gasteiger partial charge is 0.368 e. The summed E-state index contributed by atoms with van der Waals surface area (Å²) in [6.45, 7) is 7.99. The van der Waals surface area contributed by atoms with Gasteiger partial charge in [0, 0.05) is 18.3 Å². The molecule has 18 heavy (non-hydrogen) atoms. The Bertz CT molecular complexity index is 362. The summed E-state index contributed by atoms with van der Waals surface area (Å²) < 4.78 is 0. The standard InChI is InChI=1S/C16H26N2/c1-3-17-11-7-4-8-12-18-14(2)13-15-9-5-6-10-16(15)18/h5-6,9-10,14,17H,3-4,7-8,11-13H2,1-2H3. The van der Waals surface area contributed by atoms with E-state index in [1.165, 1.54) is 50.0 Å². The van der Waals surface area contributed by atoms with Gasteiger partial charge in [-0.25, -0.2) is 0 Å². The minimum Gasteiger partial charge on any atom is -0.368 e. The molecule has 1 aliphatic heterocycles. The van der Waals surface area contributed by atoms with Crippen LogP contribution in [0.4, 0.5) is 5.69 Å². The van der Waals surface area contributed by atoms with Crippen LogP contribution in [0.1, 0.15) is 38.7 Å². The number of fused-ring (bicyclic) bond motifs is 1. The lowest BCUT2D eigenvalue weighted by Gasteiger charge is -2.24. The molecule has 0 aliphatic carbocycles. The van der Waals surface area contributed by atoms with E-state index in [9.17, 15) is 0 Å². The highest BCUT2D eigenvalue weighted by atomic mass is 15.2. The second kappa shape index (κ2) is 6.79. The van der Waals surface area contributed by atoms with Crippen LogP contribution >= 0.6 is 0 Å². The first-order valence-corrected chi connectivity index (χ1v) is 7.38. The van der Waals surface area contributed by atoms with Gasteiger partial charge in [-0.1, -0.05) is 31.5 Å². The lowest BCUT2D eigenvalue weighted by Crippen LogP contribution is -2.30. The third-order valence-corrected chi connectivity index (χ3v) is 3.85. The smallest absolute Gasteiger partial charge is 0.0402 e. The maximum absolute atomic E-state index is 3.39. The van der Waals surface area contributed by atoms with Crippen molar-refractivity contribution in [2.24, 2.45) is 0 Å². The van der Waals surface area contributed by atoms with E-state index in [-0.39, 0.29) is 0 Å². The lowest BCUT2D eigenvalue weighted by atomic mass is 10.1. The fourth-order valence-electron chi connectivity index (χ4n) is 2.86. The van der Waals surface area contributed by atoms with E-state index < -0.39 is 0 Å². The van der Waals surface area contributed by atoms with Crippen molar-refractivity contribution in [1.82, 2.24) is 5.32 Å². The summed E-state index contributed by atoms with van der Waals surface area (Å²) in [6, 6.07) is 9.55. The SMILES string of the molecule is CCNCCCCCN1c2ccccc2CC1C. The molecule has 0 spiro atoms. The van der Waals surface area contributed by atoms with Gasteiger partial charge in [0.2, 0.25) is 0 Å². The monoisotopic (exact) mass is 246 g/mol. The van der Waals surface area contributed by atoms with E-state index in [1.807, 2.05) is 0 Å². The van der Waals surface area contributed by atoms with Crippen molar-refractivity contribution in [2.75, 3.05) is 24.5 Å². The maximum Gasteiger partial charge on any atom is 0.0402 e. The zero-order chi connectivity index (χ0) is 12.8. The Morgan fingerprint density at radius 2 is 2.06 bits per heavy atom. The van der Waals surface area contributed by atoms with Crippen LogP contribution in [0.25, 0.3) is 0 Å². The number of benzene rings is 1. The minimum absolute atomic E-state index is 0.677. The van der Waals surface area contributed by atoms with E-state index in [0.29, 0.717) is 6.04 Å². The highest BCUT2D eigenvalue weighted by Gasteiger charge is 2.24. The van der Waals surface area contributed by atoms with Gasteiger partial charge < -0.3 is 10.2 Å². The third-order valence-electron chi connectivity index (χ3n) is 3.85. The third kappa shape index (κ3) is 3.26. The summed E-state index contributed by atoms with van der Waals surface area (Å²) in [7, 11) is 0. The highest BCUT2D eigenvalue weighted by molar-refractivity contribution is 5.59. The predicted molar refractivity (Wildman–Crippen MR) is 79.3 cm³/mol. The van der Waals surface area contributed by atoms with Crippen LogP contribution in [0.5, 0.6) is 0 Å². The number of anilines is 1. The lowest BCUT2D eigenvalue weighted by molar-refractivity contribution is 0.587. The van der Waals surface area contributed by atoms with E-state index in [0.717, 1.165) is 6.54 Å². The second-order valence-electron chi connectivity index (χ2n) is 5.29. The van der Waals surface area contributed by atoms with Crippen LogP contribution < -0.4 is 10.2 Å². The Morgan fingerprint density at radius 3 is 2.89 bits per heavy atom. The van der Waals surface area contributed by atoms with Gasteiger partial charge in [0.15, 0.2) is 0 Å². The Morgan fingerprint density at radius 1 is 1.22 bits per heavy atom. The van der Waals surface area contributed by atoms with Crippen LogP contribution in [-0.2, 0) is 6.42 Å². The summed E-state index contributed by atoms with van der Waals surface area (Å²) >= 11 is 0. The zero-order valence-corrected chi connectivity index (χ0v) is 11.8. The van der Waals surface area contributed by atoms with Crippen LogP contribution in [0, 0.1) is 0 Å². The number of nitrogens with zero attached hydrogens (tertiary/aromatic N) is 1. The fourth-order valence-corrected chi connectivity index (χ4v) is 2.86. The van der Waals surface area contributed by atoms with Gasteiger partial charge in [0.05, 0.1) is 0 Å². The first kappa shape index (κ1) is 13.4. The van der Waals surface area contributed by atoms with Crippen molar-refractivity contribution < 1.29 is 0 Å². The number of rotatable bonds is 7. The Kier molecular flexibility index (Phi) is 5.06. The van der Waals surface area contributed by atoms with E-state index in [1.54, 1.807) is 0 Å². The van der Waals surface area contributed by atoms with Gasteiger partial charge in [0.25, 0.3) is 0 Å². The molecule has 1 heterocycles. The van der Waals surface area contributed by atoms with Crippen LogP contribution in [0.15, 0.2) is 24.3 Å². The molecule has 1 aromatic rings.